The van der Waals surface area contributed by atoms with Crippen molar-refractivity contribution in [3.63, 3.8) is 0 Å². The summed E-state index contributed by atoms with van der Waals surface area (Å²) in [7, 11) is 0. The standard InChI is InChI=1S/C14H27N3O/c1-5-7-9-17-14(18)13(15)12(10-11(3)4)16(17)8-6-2/h11H,5-10,15H2,1-4H3. The van der Waals surface area contributed by atoms with E-state index in [1.165, 1.54) is 0 Å². The van der Waals surface area contributed by atoms with Crippen molar-refractivity contribution in [2.24, 2.45) is 5.92 Å². The van der Waals surface area contributed by atoms with Crippen LogP contribution in [-0.2, 0) is 19.5 Å². The minimum atomic E-state index is -0.00690. The maximum Gasteiger partial charge on any atom is 0.290 e. The van der Waals surface area contributed by atoms with E-state index in [9.17, 15) is 4.79 Å². The molecular weight excluding hydrogens is 226 g/mol. The van der Waals surface area contributed by atoms with Gasteiger partial charge in [-0.3, -0.25) is 9.48 Å². The summed E-state index contributed by atoms with van der Waals surface area (Å²) in [5.41, 5.74) is 7.47. The lowest BCUT2D eigenvalue weighted by atomic mass is 10.1. The van der Waals surface area contributed by atoms with Crippen molar-refractivity contribution >= 4 is 5.69 Å². The number of nitrogens with two attached hydrogens (primary N) is 1. The molecule has 0 radical (unpaired) electrons. The first-order chi connectivity index (χ1) is 8.52. The van der Waals surface area contributed by atoms with Crippen LogP contribution in [0.25, 0.3) is 0 Å². The summed E-state index contributed by atoms with van der Waals surface area (Å²) in [6.45, 7) is 10.2. The fourth-order valence-corrected chi connectivity index (χ4v) is 2.26. The second-order valence-electron chi connectivity index (χ2n) is 5.36. The number of unbranched alkanes of at least 4 members (excludes halogenated alkanes) is 1. The number of hydrogen-bond donors (Lipinski definition) is 1. The zero-order chi connectivity index (χ0) is 13.7. The summed E-state index contributed by atoms with van der Waals surface area (Å²) in [6.07, 6.45) is 4.00. The molecule has 0 aromatic carbocycles. The van der Waals surface area contributed by atoms with Gasteiger partial charge in [-0.1, -0.05) is 34.1 Å². The summed E-state index contributed by atoms with van der Waals surface area (Å²) >= 11 is 0. The molecule has 4 nitrogen and oxygen atoms in total. The molecule has 1 aromatic rings. The predicted molar refractivity (Wildman–Crippen MR) is 76.8 cm³/mol. The van der Waals surface area contributed by atoms with Crippen molar-refractivity contribution in [2.75, 3.05) is 5.73 Å². The van der Waals surface area contributed by atoms with Crippen LogP contribution in [0.3, 0.4) is 0 Å². The van der Waals surface area contributed by atoms with Crippen molar-refractivity contribution < 1.29 is 0 Å². The van der Waals surface area contributed by atoms with Crippen molar-refractivity contribution in [3.8, 4) is 0 Å². The maximum absolute atomic E-state index is 12.2. The Balaban J connectivity index is 3.19. The fraction of sp³-hybridized carbons (Fsp3) is 0.786. The molecule has 0 spiro atoms. The molecule has 0 saturated carbocycles. The van der Waals surface area contributed by atoms with Gasteiger partial charge in [0.05, 0.1) is 5.69 Å². The van der Waals surface area contributed by atoms with E-state index < -0.39 is 0 Å². The lowest BCUT2D eigenvalue weighted by molar-refractivity contribution is 0.408. The number of rotatable bonds is 7. The normalized spacial score (nSPS) is 11.4. The Morgan fingerprint density at radius 1 is 1.11 bits per heavy atom. The molecule has 0 aliphatic heterocycles. The van der Waals surface area contributed by atoms with Gasteiger partial charge in [-0.25, -0.2) is 4.68 Å². The molecule has 0 aliphatic rings. The molecule has 0 amide bonds. The molecule has 1 heterocycles. The highest BCUT2D eigenvalue weighted by Crippen LogP contribution is 2.15. The van der Waals surface area contributed by atoms with Crippen LogP contribution in [-0.4, -0.2) is 9.36 Å². The maximum atomic E-state index is 12.2. The van der Waals surface area contributed by atoms with Gasteiger partial charge in [0.1, 0.15) is 5.69 Å². The third-order valence-electron chi connectivity index (χ3n) is 3.14. The van der Waals surface area contributed by atoms with Gasteiger partial charge >= 0.3 is 0 Å². The zero-order valence-electron chi connectivity index (χ0n) is 12.2. The van der Waals surface area contributed by atoms with E-state index in [0.717, 1.165) is 44.5 Å². The van der Waals surface area contributed by atoms with E-state index in [1.54, 1.807) is 0 Å². The summed E-state index contributed by atoms with van der Waals surface area (Å²) in [4.78, 5) is 12.2. The number of nitrogen functional groups attached to an aromatic ring is 1. The third kappa shape index (κ3) is 3.18. The number of nitrogens with zero attached hydrogens (tertiary/aromatic N) is 2. The van der Waals surface area contributed by atoms with Crippen LogP contribution in [0.2, 0.25) is 0 Å². The van der Waals surface area contributed by atoms with Crippen molar-refractivity contribution in [2.45, 2.75) is 66.5 Å². The van der Waals surface area contributed by atoms with Crippen molar-refractivity contribution in [3.05, 3.63) is 16.0 Å². The SMILES string of the molecule is CCCCn1c(=O)c(N)c(CC(C)C)n1CCC. The second-order valence-corrected chi connectivity index (χ2v) is 5.36. The van der Waals surface area contributed by atoms with Crippen molar-refractivity contribution in [1.29, 1.82) is 0 Å². The Bertz CT molecular complexity index is 429. The molecule has 0 fully saturated rings. The molecule has 4 heteroatoms. The minimum absolute atomic E-state index is 0.00690. The van der Waals surface area contributed by atoms with E-state index in [0.29, 0.717) is 11.6 Å². The largest absolute Gasteiger partial charge is 0.393 e. The zero-order valence-corrected chi connectivity index (χ0v) is 12.2. The van der Waals surface area contributed by atoms with Crippen LogP contribution in [0, 0.1) is 5.92 Å². The highest BCUT2D eigenvalue weighted by Gasteiger charge is 2.17. The van der Waals surface area contributed by atoms with Crippen LogP contribution in [0.4, 0.5) is 5.69 Å². The van der Waals surface area contributed by atoms with Gasteiger partial charge in [-0.15, -0.1) is 0 Å². The molecular formula is C14H27N3O. The first kappa shape index (κ1) is 14.9. The molecule has 104 valence electrons. The molecule has 1 aromatic heterocycles. The molecule has 0 unspecified atom stereocenters. The molecule has 0 saturated heterocycles. The van der Waals surface area contributed by atoms with Gasteiger partial charge in [-0.05, 0) is 25.2 Å². The van der Waals surface area contributed by atoms with E-state index in [-0.39, 0.29) is 5.56 Å². The van der Waals surface area contributed by atoms with E-state index >= 15 is 0 Å². The van der Waals surface area contributed by atoms with Crippen LogP contribution in [0.5, 0.6) is 0 Å². The Morgan fingerprint density at radius 3 is 2.28 bits per heavy atom. The summed E-state index contributed by atoms with van der Waals surface area (Å²) in [6, 6.07) is 0. The quantitative estimate of drug-likeness (QED) is 0.812. The Morgan fingerprint density at radius 2 is 1.78 bits per heavy atom. The molecule has 0 aliphatic carbocycles. The highest BCUT2D eigenvalue weighted by molar-refractivity contribution is 5.41. The van der Waals surface area contributed by atoms with Gasteiger partial charge in [0, 0.05) is 13.1 Å². The third-order valence-corrected chi connectivity index (χ3v) is 3.14. The Hall–Kier alpha value is -1.19. The average molecular weight is 253 g/mol. The minimum Gasteiger partial charge on any atom is -0.393 e. The van der Waals surface area contributed by atoms with Crippen LogP contribution in [0.1, 0.15) is 52.7 Å². The van der Waals surface area contributed by atoms with Crippen molar-refractivity contribution in [1.82, 2.24) is 9.36 Å². The van der Waals surface area contributed by atoms with Crippen LogP contribution >= 0.6 is 0 Å². The molecule has 0 atom stereocenters. The summed E-state index contributed by atoms with van der Waals surface area (Å²) in [5.74, 6) is 0.511. The first-order valence-corrected chi connectivity index (χ1v) is 7.10. The van der Waals surface area contributed by atoms with Crippen LogP contribution < -0.4 is 11.3 Å². The predicted octanol–water partition coefficient (Wildman–Crippen LogP) is 2.64. The average Bonchev–Trinajstić information content (AvgIpc) is 2.52. The number of anilines is 1. The van der Waals surface area contributed by atoms with Gasteiger partial charge in [0.25, 0.3) is 5.56 Å². The summed E-state index contributed by atoms with van der Waals surface area (Å²) in [5, 5.41) is 0. The lowest BCUT2D eigenvalue weighted by Gasteiger charge is -2.15. The number of hydrogen-bond acceptors (Lipinski definition) is 2. The van der Waals surface area contributed by atoms with Gasteiger partial charge in [-0.2, -0.15) is 0 Å². The first-order valence-electron chi connectivity index (χ1n) is 7.10. The van der Waals surface area contributed by atoms with E-state index in [4.69, 9.17) is 5.73 Å². The monoisotopic (exact) mass is 253 g/mol. The molecule has 18 heavy (non-hydrogen) atoms. The van der Waals surface area contributed by atoms with Crippen LogP contribution in [0.15, 0.2) is 4.79 Å². The lowest BCUT2D eigenvalue weighted by Crippen LogP contribution is -2.24. The topological polar surface area (TPSA) is 52.9 Å². The molecule has 1 rings (SSSR count). The summed E-state index contributed by atoms with van der Waals surface area (Å²) < 4.78 is 3.94. The Kier molecular flexibility index (Phi) is 5.51. The number of aromatic nitrogens is 2. The van der Waals surface area contributed by atoms with Gasteiger partial charge < -0.3 is 5.73 Å². The van der Waals surface area contributed by atoms with E-state index in [1.807, 2.05) is 4.68 Å². The fourth-order valence-electron chi connectivity index (χ4n) is 2.26. The Labute approximate surface area is 110 Å². The second kappa shape index (κ2) is 6.66. The smallest absolute Gasteiger partial charge is 0.290 e. The molecule has 0 bridgehead atoms. The van der Waals surface area contributed by atoms with Gasteiger partial charge in [0.2, 0.25) is 0 Å². The highest BCUT2D eigenvalue weighted by atomic mass is 16.1. The molecule has 2 N–H and O–H groups in total. The van der Waals surface area contributed by atoms with E-state index in [2.05, 4.69) is 32.4 Å². The van der Waals surface area contributed by atoms with Gasteiger partial charge in [0.15, 0.2) is 0 Å².